The van der Waals surface area contributed by atoms with Gasteiger partial charge >= 0.3 is 6.18 Å². The van der Waals surface area contributed by atoms with Crippen molar-refractivity contribution in [2.24, 2.45) is 0 Å². The zero-order valence-corrected chi connectivity index (χ0v) is 22.8. The first-order valence-corrected chi connectivity index (χ1v) is 13.2. The Morgan fingerprint density at radius 2 is 1.46 bits per heavy atom. The number of halogens is 4. The highest BCUT2D eigenvalue weighted by Gasteiger charge is 2.31. The number of nitrogens with zero attached hydrogens (tertiary/aromatic N) is 3. The Bertz CT molecular complexity index is 1450. The van der Waals surface area contributed by atoms with Gasteiger partial charge in [-0.2, -0.15) is 13.2 Å². The van der Waals surface area contributed by atoms with Gasteiger partial charge in [0.05, 0.1) is 12.1 Å². The number of aromatic nitrogens is 1. The van der Waals surface area contributed by atoms with Crippen LogP contribution in [0.4, 0.5) is 17.6 Å². The van der Waals surface area contributed by atoms with Gasteiger partial charge in [-0.05, 0) is 73.5 Å². The molecular weight excluding hydrogens is 534 g/mol. The van der Waals surface area contributed by atoms with Crippen molar-refractivity contribution in [2.45, 2.75) is 45.7 Å². The predicted octanol–water partition coefficient (Wildman–Crippen LogP) is 6.77. The largest absolute Gasteiger partial charge is 0.416 e. The van der Waals surface area contributed by atoms with Crippen molar-refractivity contribution in [3.63, 3.8) is 0 Å². The summed E-state index contributed by atoms with van der Waals surface area (Å²) in [5, 5.41) is 0. The van der Waals surface area contributed by atoms with Crippen LogP contribution in [0.1, 0.15) is 46.6 Å². The van der Waals surface area contributed by atoms with Crippen LogP contribution in [0, 0.1) is 5.82 Å². The third-order valence-electron chi connectivity index (χ3n) is 6.76. The van der Waals surface area contributed by atoms with Gasteiger partial charge in [-0.1, -0.05) is 42.5 Å². The topological polar surface area (TPSA) is 45.6 Å². The smallest absolute Gasteiger partial charge is 0.345 e. The lowest BCUT2D eigenvalue weighted by atomic mass is 10.1. The quantitative estimate of drug-likeness (QED) is 0.199. The number of amides is 2. The summed E-state index contributed by atoms with van der Waals surface area (Å²) in [6.07, 6.45) is -2.62. The monoisotopic (exact) mass is 565 g/mol. The fourth-order valence-corrected chi connectivity index (χ4v) is 4.47. The predicted molar refractivity (Wildman–Crippen MR) is 148 cm³/mol. The van der Waals surface area contributed by atoms with Crippen LogP contribution in [0.2, 0.25) is 0 Å². The Kier molecular flexibility index (Phi) is 9.27. The second kappa shape index (κ2) is 12.8. The molecule has 1 aromatic heterocycles. The maximum Gasteiger partial charge on any atom is 0.416 e. The summed E-state index contributed by atoms with van der Waals surface area (Å²) in [6.45, 7) is 4.29. The molecule has 0 aliphatic rings. The molecule has 3 aromatic carbocycles. The third-order valence-corrected chi connectivity index (χ3v) is 6.76. The van der Waals surface area contributed by atoms with E-state index in [1.807, 2.05) is 53.2 Å². The molecule has 0 radical (unpaired) electrons. The molecule has 1 heterocycles. The zero-order valence-electron chi connectivity index (χ0n) is 22.8. The van der Waals surface area contributed by atoms with Crippen LogP contribution in [0.3, 0.4) is 0 Å². The highest BCUT2D eigenvalue weighted by atomic mass is 19.4. The molecular formula is C32H31F4N3O2. The van der Waals surface area contributed by atoms with Crippen molar-refractivity contribution in [3.8, 4) is 0 Å². The van der Waals surface area contributed by atoms with Crippen LogP contribution in [0.25, 0.3) is 0 Å². The van der Waals surface area contributed by atoms with Crippen LogP contribution in [-0.2, 0) is 30.6 Å². The van der Waals surface area contributed by atoms with Gasteiger partial charge in [0.25, 0.3) is 5.91 Å². The summed E-state index contributed by atoms with van der Waals surface area (Å²) in [5.41, 5.74) is 1.88. The lowest BCUT2D eigenvalue weighted by Gasteiger charge is -2.30. The van der Waals surface area contributed by atoms with Gasteiger partial charge in [0, 0.05) is 36.6 Å². The van der Waals surface area contributed by atoms with Gasteiger partial charge in [0.1, 0.15) is 12.4 Å². The molecule has 0 fully saturated rings. The second-order valence-electron chi connectivity index (χ2n) is 10.1. The van der Waals surface area contributed by atoms with Crippen LogP contribution < -0.4 is 0 Å². The van der Waals surface area contributed by atoms with Crippen LogP contribution in [0.15, 0.2) is 97.2 Å². The summed E-state index contributed by atoms with van der Waals surface area (Å²) in [4.78, 5) is 30.1. The molecule has 0 bridgehead atoms. The molecule has 0 saturated heterocycles. The van der Waals surface area contributed by atoms with E-state index in [1.54, 1.807) is 30.9 Å². The number of carbonyl (C=O) groups is 2. The third kappa shape index (κ3) is 7.84. The summed E-state index contributed by atoms with van der Waals surface area (Å²) in [6, 6.07) is 23.1. The fourth-order valence-electron chi connectivity index (χ4n) is 4.47. The van der Waals surface area contributed by atoms with E-state index >= 15 is 0 Å². The number of hydrogen-bond acceptors (Lipinski definition) is 2. The molecule has 4 rings (SSSR count). The van der Waals surface area contributed by atoms with Gasteiger partial charge in [0.15, 0.2) is 0 Å². The maximum absolute atomic E-state index is 13.7. The first kappa shape index (κ1) is 29.6. The standard InChI is InChI=1S/C32H31F4N3O2/c1-23(2)39(31(41)26-12-14-27(15-13-26)32(34,35)36)22-30(40)38(20-24-7-4-3-5-8-24)21-29-9-6-18-37(29)19-25-10-16-28(33)17-11-25/h3-18,23H,19-22H2,1-2H3. The van der Waals surface area contributed by atoms with Crippen molar-refractivity contribution < 1.29 is 27.2 Å². The van der Waals surface area contributed by atoms with Crippen LogP contribution >= 0.6 is 0 Å². The van der Waals surface area contributed by atoms with Crippen molar-refractivity contribution in [2.75, 3.05) is 6.54 Å². The Hall–Kier alpha value is -4.40. The normalized spacial score (nSPS) is 11.5. The summed E-state index contributed by atoms with van der Waals surface area (Å²) < 4.78 is 54.4. The molecule has 4 aromatic rings. The summed E-state index contributed by atoms with van der Waals surface area (Å²) in [5.74, 6) is -1.15. The van der Waals surface area contributed by atoms with Gasteiger partial charge in [-0.3, -0.25) is 9.59 Å². The molecule has 0 spiro atoms. The van der Waals surface area contributed by atoms with Gasteiger partial charge < -0.3 is 14.4 Å². The Balaban J connectivity index is 1.55. The first-order chi connectivity index (χ1) is 19.5. The average Bonchev–Trinajstić information content (AvgIpc) is 3.38. The summed E-state index contributed by atoms with van der Waals surface area (Å²) >= 11 is 0. The molecule has 0 saturated carbocycles. The highest BCUT2D eigenvalue weighted by molar-refractivity contribution is 5.96. The van der Waals surface area contributed by atoms with E-state index in [0.717, 1.165) is 41.1 Å². The lowest BCUT2D eigenvalue weighted by Crippen LogP contribution is -2.45. The molecule has 0 aliphatic heterocycles. The van der Waals surface area contributed by atoms with E-state index in [2.05, 4.69) is 0 Å². The molecule has 2 amide bonds. The number of rotatable bonds is 10. The van der Waals surface area contributed by atoms with E-state index in [4.69, 9.17) is 0 Å². The van der Waals surface area contributed by atoms with Gasteiger partial charge in [-0.25, -0.2) is 4.39 Å². The van der Waals surface area contributed by atoms with Crippen molar-refractivity contribution >= 4 is 11.8 Å². The van der Waals surface area contributed by atoms with E-state index in [0.29, 0.717) is 13.1 Å². The van der Waals surface area contributed by atoms with E-state index in [-0.39, 0.29) is 36.4 Å². The molecule has 0 unspecified atom stereocenters. The molecule has 0 N–H and O–H groups in total. The Labute approximate surface area is 236 Å². The van der Waals surface area contributed by atoms with Crippen molar-refractivity contribution in [3.05, 3.63) is 131 Å². The second-order valence-corrected chi connectivity index (χ2v) is 10.1. The number of benzene rings is 3. The minimum Gasteiger partial charge on any atom is -0.345 e. The number of hydrogen-bond donors (Lipinski definition) is 0. The first-order valence-electron chi connectivity index (χ1n) is 13.2. The van der Waals surface area contributed by atoms with Crippen LogP contribution in [-0.4, -0.2) is 38.8 Å². The van der Waals surface area contributed by atoms with Gasteiger partial charge in [-0.15, -0.1) is 0 Å². The van der Waals surface area contributed by atoms with Gasteiger partial charge in [0.2, 0.25) is 5.91 Å². The Morgan fingerprint density at radius 1 is 0.805 bits per heavy atom. The van der Waals surface area contributed by atoms with Crippen molar-refractivity contribution in [1.29, 1.82) is 0 Å². The SMILES string of the molecule is CC(C)N(CC(=O)N(Cc1ccccc1)Cc1cccn1Cc1ccc(F)cc1)C(=O)c1ccc(C(F)(F)F)cc1. The van der Waals surface area contributed by atoms with E-state index in [9.17, 15) is 27.2 Å². The van der Waals surface area contributed by atoms with E-state index in [1.165, 1.54) is 17.0 Å². The fraction of sp³-hybridized carbons (Fsp3) is 0.250. The molecule has 0 atom stereocenters. The minimum atomic E-state index is -4.51. The summed E-state index contributed by atoms with van der Waals surface area (Å²) in [7, 11) is 0. The van der Waals surface area contributed by atoms with E-state index < -0.39 is 17.6 Å². The van der Waals surface area contributed by atoms with Crippen LogP contribution in [0.5, 0.6) is 0 Å². The molecule has 5 nitrogen and oxygen atoms in total. The lowest BCUT2D eigenvalue weighted by molar-refractivity contribution is -0.137. The molecule has 9 heteroatoms. The number of carbonyl (C=O) groups excluding carboxylic acids is 2. The average molecular weight is 566 g/mol. The Morgan fingerprint density at radius 3 is 2.07 bits per heavy atom. The molecule has 214 valence electrons. The van der Waals surface area contributed by atoms with Crippen molar-refractivity contribution in [1.82, 2.24) is 14.4 Å². The molecule has 0 aliphatic carbocycles. The molecule has 41 heavy (non-hydrogen) atoms. The highest BCUT2D eigenvalue weighted by Crippen LogP contribution is 2.29. The number of alkyl halides is 3. The maximum atomic E-state index is 13.7. The zero-order chi connectivity index (χ0) is 29.6. The minimum absolute atomic E-state index is 0.0716.